The highest BCUT2D eigenvalue weighted by molar-refractivity contribution is 5.94. The van der Waals surface area contributed by atoms with Crippen LogP contribution in [0.3, 0.4) is 0 Å². The van der Waals surface area contributed by atoms with E-state index in [4.69, 9.17) is 4.98 Å². The molecule has 5 rings (SSSR count). The van der Waals surface area contributed by atoms with Gasteiger partial charge in [-0.15, -0.1) is 0 Å². The third kappa shape index (κ3) is 3.93. The minimum absolute atomic E-state index is 0.227. The number of hydrogen-bond acceptors (Lipinski definition) is 6. The fourth-order valence-corrected chi connectivity index (χ4v) is 4.09. The van der Waals surface area contributed by atoms with E-state index in [2.05, 4.69) is 21.0 Å². The number of halogens is 2. The Labute approximate surface area is 192 Å². The Morgan fingerprint density at radius 2 is 1.97 bits per heavy atom. The van der Waals surface area contributed by atoms with Gasteiger partial charge >= 0.3 is 0 Å². The SMILES string of the molecule is CC(=O)NNC(=O)c1cnn(-c2cnn3ccc(N4CCC[C@@H]4c4cc(F)ccc4F)nc23)c1. The highest BCUT2D eigenvalue weighted by Crippen LogP contribution is 2.37. The van der Waals surface area contributed by atoms with Gasteiger partial charge in [-0.1, -0.05) is 0 Å². The van der Waals surface area contributed by atoms with E-state index < -0.39 is 23.4 Å². The molecule has 2 amide bonds. The van der Waals surface area contributed by atoms with Gasteiger partial charge in [0.05, 0.1) is 24.0 Å². The maximum Gasteiger partial charge on any atom is 0.272 e. The lowest BCUT2D eigenvalue weighted by atomic mass is 10.0. The molecule has 0 saturated carbocycles. The van der Waals surface area contributed by atoms with Crippen molar-refractivity contribution in [3.05, 3.63) is 71.8 Å². The molecule has 1 fully saturated rings. The van der Waals surface area contributed by atoms with Crippen molar-refractivity contribution in [1.29, 1.82) is 0 Å². The number of hydrazine groups is 1. The molecule has 0 radical (unpaired) electrons. The monoisotopic (exact) mass is 466 g/mol. The Morgan fingerprint density at radius 1 is 1.12 bits per heavy atom. The molecule has 174 valence electrons. The van der Waals surface area contributed by atoms with Gasteiger partial charge in [0.2, 0.25) is 5.91 Å². The quantitative estimate of drug-likeness (QED) is 0.447. The van der Waals surface area contributed by atoms with Gasteiger partial charge in [-0.2, -0.15) is 10.2 Å². The Bertz CT molecular complexity index is 1400. The van der Waals surface area contributed by atoms with E-state index in [1.54, 1.807) is 23.0 Å². The van der Waals surface area contributed by atoms with Crippen LogP contribution in [0.1, 0.15) is 41.7 Å². The highest BCUT2D eigenvalue weighted by Gasteiger charge is 2.30. The lowest BCUT2D eigenvalue weighted by Gasteiger charge is -2.26. The first-order chi connectivity index (χ1) is 16.4. The summed E-state index contributed by atoms with van der Waals surface area (Å²) in [6.07, 6.45) is 7.61. The number of anilines is 1. The summed E-state index contributed by atoms with van der Waals surface area (Å²) >= 11 is 0. The number of nitrogens with zero attached hydrogens (tertiary/aromatic N) is 6. The molecule has 1 atom stereocenters. The van der Waals surface area contributed by atoms with Gasteiger partial charge in [0.15, 0.2) is 5.65 Å². The number of carbonyl (C=O) groups is 2. The summed E-state index contributed by atoms with van der Waals surface area (Å²) in [5.74, 6) is -1.27. The van der Waals surface area contributed by atoms with Crippen molar-refractivity contribution in [2.24, 2.45) is 0 Å². The summed E-state index contributed by atoms with van der Waals surface area (Å²) in [7, 11) is 0. The van der Waals surface area contributed by atoms with Crippen LogP contribution in [0.2, 0.25) is 0 Å². The zero-order valence-corrected chi connectivity index (χ0v) is 18.1. The average molecular weight is 466 g/mol. The normalized spacial score (nSPS) is 15.6. The van der Waals surface area contributed by atoms with E-state index >= 15 is 0 Å². The van der Waals surface area contributed by atoms with Crippen LogP contribution in [0.25, 0.3) is 11.3 Å². The van der Waals surface area contributed by atoms with Crippen LogP contribution in [0.5, 0.6) is 0 Å². The molecule has 10 nitrogen and oxygen atoms in total. The van der Waals surface area contributed by atoms with Gasteiger partial charge in [-0.05, 0) is 37.1 Å². The second-order valence-electron chi connectivity index (χ2n) is 7.91. The molecule has 1 saturated heterocycles. The van der Waals surface area contributed by atoms with Crippen molar-refractivity contribution < 1.29 is 18.4 Å². The summed E-state index contributed by atoms with van der Waals surface area (Å²) in [6, 6.07) is 4.92. The van der Waals surface area contributed by atoms with Crippen molar-refractivity contribution in [3.8, 4) is 5.69 Å². The Kier molecular flexibility index (Phi) is 5.40. The van der Waals surface area contributed by atoms with Gasteiger partial charge in [-0.25, -0.2) is 23.0 Å². The highest BCUT2D eigenvalue weighted by atomic mass is 19.1. The van der Waals surface area contributed by atoms with Crippen molar-refractivity contribution >= 4 is 23.3 Å². The van der Waals surface area contributed by atoms with Crippen LogP contribution < -0.4 is 15.8 Å². The number of nitrogens with one attached hydrogen (secondary N) is 2. The van der Waals surface area contributed by atoms with Gasteiger partial charge < -0.3 is 4.90 Å². The van der Waals surface area contributed by atoms with Crippen LogP contribution >= 0.6 is 0 Å². The van der Waals surface area contributed by atoms with Gasteiger partial charge in [0.25, 0.3) is 5.91 Å². The van der Waals surface area contributed by atoms with E-state index in [-0.39, 0.29) is 11.6 Å². The summed E-state index contributed by atoms with van der Waals surface area (Å²) in [6.45, 7) is 1.92. The smallest absolute Gasteiger partial charge is 0.272 e. The molecule has 4 heterocycles. The summed E-state index contributed by atoms with van der Waals surface area (Å²) in [5.41, 5.74) is 6.02. The van der Waals surface area contributed by atoms with Crippen LogP contribution in [0.15, 0.2) is 49.1 Å². The number of fused-ring (bicyclic) bond motifs is 1. The van der Waals surface area contributed by atoms with Crippen LogP contribution in [0.4, 0.5) is 14.6 Å². The van der Waals surface area contributed by atoms with Crippen LogP contribution in [-0.4, -0.2) is 42.7 Å². The molecule has 0 spiro atoms. The number of benzene rings is 1. The molecule has 0 bridgehead atoms. The first kappa shape index (κ1) is 21.5. The van der Waals surface area contributed by atoms with Crippen molar-refractivity contribution in [3.63, 3.8) is 0 Å². The van der Waals surface area contributed by atoms with E-state index in [1.165, 1.54) is 30.1 Å². The number of hydrogen-bond donors (Lipinski definition) is 2. The van der Waals surface area contributed by atoms with Gasteiger partial charge in [0.1, 0.15) is 23.1 Å². The largest absolute Gasteiger partial charge is 0.349 e. The zero-order valence-electron chi connectivity index (χ0n) is 18.1. The molecule has 3 aromatic heterocycles. The number of carbonyl (C=O) groups excluding carboxylic acids is 2. The molecule has 34 heavy (non-hydrogen) atoms. The lowest BCUT2D eigenvalue weighted by Crippen LogP contribution is -2.40. The summed E-state index contributed by atoms with van der Waals surface area (Å²) in [4.78, 5) is 29.8. The number of amides is 2. The van der Waals surface area contributed by atoms with Gasteiger partial charge in [0, 0.05) is 31.4 Å². The van der Waals surface area contributed by atoms with E-state index in [0.29, 0.717) is 35.7 Å². The molecule has 1 aliphatic heterocycles. The maximum atomic E-state index is 14.5. The summed E-state index contributed by atoms with van der Waals surface area (Å²) in [5, 5.41) is 8.50. The van der Waals surface area contributed by atoms with Gasteiger partial charge in [-0.3, -0.25) is 20.4 Å². The molecule has 0 aliphatic carbocycles. The first-order valence-electron chi connectivity index (χ1n) is 10.6. The molecular weight excluding hydrogens is 446 g/mol. The minimum Gasteiger partial charge on any atom is -0.349 e. The van der Waals surface area contributed by atoms with E-state index in [0.717, 1.165) is 18.6 Å². The second-order valence-corrected chi connectivity index (χ2v) is 7.91. The van der Waals surface area contributed by atoms with E-state index in [1.807, 2.05) is 4.90 Å². The predicted octanol–water partition coefficient (Wildman–Crippen LogP) is 2.32. The van der Waals surface area contributed by atoms with Crippen LogP contribution in [0, 0.1) is 11.6 Å². The molecule has 0 unspecified atom stereocenters. The second kappa shape index (κ2) is 8.54. The average Bonchev–Trinajstić information content (AvgIpc) is 3.57. The molecule has 12 heteroatoms. The minimum atomic E-state index is -0.524. The van der Waals surface area contributed by atoms with Crippen molar-refractivity contribution in [2.75, 3.05) is 11.4 Å². The number of rotatable bonds is 4. The number of aromatic nitrogens is 5. The predicted molar refractivity (Wildman–Crippen MR) is 117 cm³/mol. The standard InChI is InChI=1S/C22H20F2N8O2/c1-13(33)28-29-22(34)14-10-25-32(12-14)19-11-26-31-8-6-20(27-21(19)31)30-7-2-3-18(30)16-9-15(23)4-5-17(16)24/h4-6,8-12,18H,2-3,7H2,1H3,(H,28,33)(H,29,34)/t18-/m1/s1. The topological polar surface area (TPSA) is 109 Å². The third-order valence-electron chi connectivity index (χ3n) is 5.64. The van der Waals surface area contributed by atoms with Crippen molar-refractivity contribution in [1.82, 2.24) is 35.2 Å². The summed E-state index contributed by atoms with van der Waals surface area (Å²) < 4.78 is 31.3. The van der Waals surface area contributed by atoms with E-state index in [9.17, 15) is 18.4 Å². The lowest BCUT2D eigenvalue weighted by molar-refractivity contribution is -0.119. The molecule has 4 aromatic rings. The zero-order chi connectivity index (χ0) is 23.8. The molecular formula is C22H20F2N8O2. The molecule has 1 aliphatic rings. The fraction of sp³-hybridized carbons (Fsp3) is 0.227. The Morgan fingerprint density at radius 3 is 2.79 bits per heavy atom. The van der Waals surface area contributed by atoms with Crippen molar-refractivity contribution in [2.45, 2.75) is 25.8 Å². The molecule has 1 aromatic carbocycles. The first-order valence-corrected chi connectivity index (χ1v) is 10.6. The fourth-order valence-electron chi connectivity index (χ4n) is 4.09. The Hall–Kier alpha value is -4.35. The Balaban J connectivity index is 1.46. The third-order valence-corrected chi connectivity index (χ3v) is 5.64. The van der Waals surface area contributed by atoms with Crippen LogP contribution in [-0.2, 0) is 4.79 Å². The molecule has 2 N–H and O–H groups in total. The maximum absolute atomic E-state index is 14.5.